The largest absolute Gasteiger partial charge is 0.439 e. The first-order valence-corrected chi connectivity index (χ1v) is 6.80. The second kappa shape index (κ2) is 7.03. The van der Waals surface area contributed by atoms with Gasteiger partial charge in [-0.1, -0.05) is 31.2 Å². The summed E-state index contributed by atoms with van der Waals surface area (Å²) >= 11 is 0. The summed E-state index contributed by atoms with van der Waals surface area (Å²) in [4.78, 5) is 4.31. The van der Waals surface area contributed by atoms with E-state index < -0.39 is 0 Å². The van der Waals surface area contributed by atoms with E-state index >= 15 is 0 Å². The summed E-state index contributed by atoms with van der Waals surface area (Å²) in [6, 6.07) is 11.5. The molecule has 2 aromatic rings. The van der Waals surface area contributed by atoms with E-state index in [0.717, 1.165) is 17.7 Å². The average Bonchev–Trinajstić information content (AvgIpc) is 2.49. The van der Waals surface area contributed by atoms with Crippen molar-refractivity contribution in [3.8, 4) is 11.6 Å². The monoisotopic (exact) mass is 272 g/mol. The Hall–Kier alpha value is -1.91. The van der Waals surface area contributed by atoms with Crippen LogP contribution < -0.4 is 10.1 Å². The first-order valence-electron chi connectivity index (χ1n) is 6.80. The molecule has 0 radical (unpaired) electrons. The van der Waals surface area contributed by atoms with E-state index in [0.29, 0.717) is 11.6 Å². The number of hydrogen-bond acceptors (Lipinski definition) is 4. The molecule has 0 fully saturated rings. The average molecular weight is 272 g/mol. The van der Waals surface area contributed by atoms with Crippen LogP contribution in [0, 0.1) is 0 Å². The fraction of sp³-hybridized carbons (Fsp3) is 0.312. The summed E-state index contributed by atoms with van der Waals surface area (Å²) in [6.45, 7) is 5.05. The molecule has 0 aliphatic rings. The van der Waals surface area contributed by atoms with Crippen molar-refractivity contribution in [3.63, 3.8) is 0 Å². The van der Waals surface area contributed by atoms with E-state index in [1.54, 1.807) is 0 Å². The second-order valence-electron chi connectivity index (χ2n) is 4.58. The Labute approximate surface area is 119 Å². The molecule has 1 aromatic heterocycles. The number of benzene rings is 1. The highest BCUT2D eigenvalue weighted by Crippen LogP contribution is 2.24. The van der Waals surface area contributed by atoms with Crippen LogP contribution in [0.3, 0.4) is 0 Å². The lowest BCUT2D eigenvalue weighted by molar-refractivity contribution is 0.276. The number of pyridine rings is 1. The van der Waals surface area contributed by atoms with E-state index in [9.17, 15) is 5.11 Å². The number of hydrogen-bond donors (Lipinski definition) is 2. The molecule has 0 spiro atoms. The van der Waals surface area contributed by atoms with Crippen molar-refractivity contribution in [3.05, 3.63) is 53.7 Å². The molecule has 106 valence electrons. The van der Waals surface area contributed by atoms with Crippen molar-refractivity contribution in [2.45, 2.75) is 26.5 Å². The molecule has 0 aliphatic heterocycles. The molecule has 0 saturated carbocycles. The van der Waals surface area contributed by atoms with Gasteiger partial charge in [0.05, 0.1) is 6.61 Å². The molecule has 20 heavy (non-hydrogen) atoms. The van der Waals surface area contributed by atoms with Crippen molar-refractivity contribution >= 4 is 0 Å². The molecule has 2 rings (SSSR count). The molecule has 4 nitrogen and oxygen atoms in total. The molecule has 0 saturated heterocycles. The normalized spacial score (nSPS) is 12.2. The number of nitrogens with one attached hydrogen (secondary N) is 1. The van der Waals surface area contributed by atoms with Gasteiger partial charge >= 0.3 is 0 Å². The van der Waals surface area contributed by atoms with Crippen molar-refractivity contribution in [2.24, 2.45) is 0 Å². The van der Waals surface area contributed by atoms with E-state index in [4.69, 9.17) is 4.74 Å². The molecule has 1 heterocycles. The number of aromatic nitrogens is 1. The van der Waals surface area contributed by atoms with Crippen molar-refractivity contribution in [2.75, 3.05) is 6.54 Å². The van der Waals surface area contributed by atoms with Crippen LogP contribution in [-0.2, 0) is 6.61 Å². The van der Waals surface area contributed by atoms with E-state index in [1.807, 2.05) is 42.6 Å². The molecule has 0 bridgehead atoms. The van der Waals surface area contributed by atoms with Crippen LogP contribution in [0.2, 0.25) is 0 Å². The molecule has 4 heteroatoms. The minimum Gasteiger partial charge on any atom is -0.439 e. The van der Waals surface area contributed by atoms with Gasteiger partial charge in [-0.3, -0.25) is 0 Å². The molecule has 1 unspecified atom stereocenters. The highest BCUT2D eigenvalue weighted by molar-refractivity contribution is 5.35. The zero-order valence-electron chi connectivity index (χ0n) is 11.8. The molecule has 1 atom stereocenters. The van der Waals surface area contributed by atoms with Gasteiger partial charge in [0.15, 0.2) is 0 Å². The summed E-state index contributed by atoms with van der Waals surface area (Å²) < 4.78 is 5.70. The standard InChI is InChI=1S/C16H20N2O2/c1-3-17-12(2)13-8-9-16(18-10-13)20-15-7-5-4-6-14(15)11-19/h4-10,12,17,19H,3,11H2,1-2H3. The molecule has 0 aliphatic carbocycles. The fourth-order valence-corrected chi connectivity index (χ4v) is 1.98. The third-order valence-corrected chi connectivity index (χ3v) is 3.13. The Morgan fingerprint density at radius 1 is 1.25 bits per heavy atom. The zero-order chi connectivity index (χ0) is 14.4. The molecular weight excluding hydrogens is 252 g/mol. The van der Waals surface area contributed by atoms with Crippen LogP contribution in [0.1, 0.15) is 31.0 Å². The number of aliphatic hydroxyl groups is 1. The van der Waals surface area contributed by atoms with Crippen molar-refractivity contribution in [1.29, 1.82) is 0 Å². The maximum Gasteiger partial charge on any atom is 0.219 e. The molecule has 2 N–H and O–H groups in total. The van der Waals surface area contributed by atoms with E-state index in [-0.39, 0.29) is 12.6 Å². The van der Waals surface area contributed by atoms with Gasteiger partial charge in [-0.15, -0.1) is 0 Å². The minimum absolute atomic E-state index is 0.0499. The number of rotatable bonds is 6. The highest BCUT2D eigenvalue weighted by atomic mass is 16.5. The van der Waals surface area contributed by atoms with Crippen LogP contribution in [-0.4, -0.2) is 16.6 Å². The van der Waals surface area contributed by atoms with Crippen LogP contribution in [0.15, 0.2) is 42.6 Å². The first kappa shape index (κ1) is 14.5. The molecule has 0 amide bonds. The third kappa shape index (κ3) is 3.56. The van der Waals surface area contributed by atoms with Gasteiger partial charge in [0.2, 0.25) is 5.88 Å². The Kier molecular flexibility index (Phi) is 5.09. The number of aliphatic hydroxyl groups excluding tert-OH is 1. The maximum atomic E-state index is 9.26. The van der Waals surface area contributed by atoms with Crippen LogP contribution in [0.4, 0.5) is 0 Å². The lowest BCUT2D eigenvalue weighted by atomic mass is 10.1. The summed E-state index contributed by atoms with van der Waals surface area (Å²) in [5.41, 5.74) is 1.87. The van der Waals surface area contributed by atoms with E-state index in [2.05, 4.69) is 24.1 Å². The quantitative estimate of drug-likeness (QED) is 0.848. The number of ether oxygens (including phenoxy) is 1. The SMILES string of the molecule is CCNC(C)c1ccc(Oc2ccccc2CO)nc1. The third-order valence-electron chi connectivity index (χ3n) is 3.13. The summed E-state index contributed by atoms with van der Waals surface area (Å²) in [5.74, 6) is 1.16. The van der Waals surface area contributed by atoms with Gasteiger partial charge in [-0.05, 0) is 25.1 Å². The summed E-state index contributed by atoms with van der Waals surface area (Å²) in [5, 5.41) is 12.6. The maximum absolute atomic E-state index is 9.26. The predicted octanol–water partition coefficient (Wildman–Crippen LogP) is 3.04. The van der Waals surface area contributed by atoms with Crippen LogP contribution >= 0.6 is 0 Å². The van der Waals surface area contributed by atoms with Gasteiger partial charge in [-0.25, -0.2) is 4.98 Å². The molecule has 1 aromatic carbocycles. The van der Waals surface area contributed by atoms with Gasteiger partial charge in [0, 0.05) is 23.9 Å². The smallest absolute Gasteiger partial charge is 0.219 e. The van der Waals surface area contributed by atoms with Gasteiger partial charge in [-0.2, -0.15) is 0 Å². The first-order chi connectivity index (χ1) is 9.74. The number of nitrogens with zero attached hydrogens (tertiary/aromatic N) is 1. The highest BCUT2D eigenvalue weighted by Gasteiger charge is 2.07. The predicted molar refractivity (Wildman–Crippen MR) is 78.8 cm³/mol. The topological polar surface area (TPSA) is 54.4 Å². The lowest BCUT2D eigenvalue weighted by Crippen LogP contribution is -2.17. The van der Waals surface area contributed by atoms with Crippen LogP contribution in [0.25, 0.3) is 0 Å². The van der Waals surface area contributed by atoms with Crippen molar-refractivity contribution in [1.82, 2.24) is 10.3 Å². The second-order valence-corrected chi connectivity index (χ2v) is 4.58. The minimum atomic E-state index is -0.0499. The zero-order valence-corrected chi connectivity index (χ0v) is 11.8. The molecular formula is C16H20N2O2. The number of para-hydroxylation sites is 1. The van der Waals surface area contributed by atoms with Gasteiger partial charge in [0.1, 0.15) is 5.75 Å². The fourth-order valence-electron chi connectivity index (χ4n) is 1.98. The Morgan fingerprint density at radius 2 is 2.05 bits per heavy atom. The van der Waals surface area contributed by atoms with Gasteiger partial charge < -0.3 is 15.2 Å². The summed E-state index contributed by atoms with van der Waals surface area (Å²) in [7, 11) is 0. The Balaban J connectivity index is 2.11. The van der Waals surface area contributed by atoms with Crippen molar-refractivity contribution < 1.29 is 9.84 Å². The lowest BCUT2D eigenvalue weighted by Gasteiger charge is -2.13. The Bertz CT molecular complexity index is 540. The summed E-state index contributed by atoms with van der Waals surface area (Å²) in [6.07, 6.45) is 1.81. The van der Waals surface area contributed by atoms with E-state index in [1.165, 1.54) is 0 Å². The van der Waals surface area contributed by atoms with Gasteiger partial charge in [0.25, 0.3) is 0 Å². The Morgan fingerprint density at radius 3 is 2.70 bits per heavy atom. The van der Waals surface area contributed by atoms with Crippen LogP contribution in [0.5, 0.6) is 11.6 Å².